The molecule has 1 fully saturated rings. The minimum Gasteiger partial charge on any atom is -0.353 e. The maximum absolute atomic E-state index is 12.1. The molecule has 1 atom stereocenters. The van der Waals surface area contributed by atoms with Gasteiger partial charge in [0.1, 0.15) is 6.33 Å². The molecule has 0 aromatic carbocycles. The SMILES string of the molecule is CCC[C@@]1(C)C(=O)NCCN1Cc1cncnc1. The van der Waals surface area contributed by atoms with Gasteiger partial charge in [0, 0.05) is 37.6 Å². The van der Waals surface area contributed by atoms with Gasteiger partial charge in [0.25, 0.3) is 0 Å². The Kier molecular flexibility index (Phi) is 3.91. The molecule has 0 bridgehead atoms. The predicted octanol–water partition coefficient (Wildman–Crippen LogP) is 0.967. The fourth-order valence-electron chi connectivity index (χ4n) is 2.53. The maximum atomic E-state index is 12.1. The van der Waals surface area contributed by atoms with Gasteiger partial charge in [0.15, 0.2) is 0 Å². The number of carbonyl (C=O) groups excluding carboxylic acids is 1. The van der Waals surface area contributed by atoms with E-state index in [0.717, 1.165) is 31.5 Å². The summed E-state index contributed by atoms with van der Waals surface area (Å²) < 4.78 is 0. The molecule has 0 aliphatic carbocycles. The summed E-state index contributed by atoms with van der Waals surface area (Å²) in [7, 11) is 0. The number of piperazine rings is 1. The molecule has 0 saturated carbocycles. The van der Waals surface area contributed by atoms with Crippen molar-refractivity contribution < 1.29 is 4.79 Å². The molecule has 1 saturated heterocycles. The Balaban J connectivity index is 2.16. The zero-order chi connectivity index (χ0) is 13.0. The fraction of sp³-hybridized carbons (Fsp3) is 0.615. The van der Waals surface area contributed by atoms with Gasteiger partial charge in [-0.1, -0.05) is 13.3 Å². The first-order valence-electron chi connectivity index (χ1n) is 6.44. The van der Waals surface area contributed by atoms with Crippen molar-refractivity contribution in [3.8, 4) is 0 Å². The van der Waals surface area contributed by atoms with Gasteiger partial charge in [-0.05, 0) is 13.3 Å². The average molecular weight is 248 g/mol. The minimum atomic E-state index is -0.414. The molecule has 1 aromatic rings. The van der Waals surface area contributed by atoms with E-state index in [9.17, 15) is 4.79 Å². The van der Waals surface area contributed by atoms with E-state index in [1.807, 2.05) is 19.3 Å². The molecule has 1 aliphatic heterocycles. The van der Waals surface area contributed by atoms with Crippen LogP contribution in [0.2, 0.25) is 0 Å². The van der Waals surface area contributed by atoms with Crippen molar-refractivity contribution in [1.82, 2.24) is 20.2 Å². The number of nitrogens with zero attached hydrogens (tertiary/aromatic N) is 3. The van der Waals surface area contributed by atoms with E-state index in [-0.39, 0.29) is 5.91 Å². The zero-order valence-electron chi connectivity index (χ0n) is 11.0. The van der Waals surface area contributed by atoms with Crippen LogP contribution < -0.4 is 5.32 Å². The number of nitrogens with one attached hydrogen (secondary N) is 1. The van der Waals surface area contributed by atoms with E-state index in [2.05, 4.69) is 27.1 Å². The van der Waals surface area contributed by atoms with Crippen molar-refractivity contribution in [3.63, 3.8) is 0 Å². The maximum Gasteiger partial charge on any atom is 0.240 e. The highest BCUT2D eigenvalue weighted by Crippen LogP contribution is 2.25. The second kappa shape index (κ2) is 5.44. The van der Waals surface area contributed by atoms with Crippen molar-refractivity contribution in [3.05, 3.63) is 24.3 Å². The Bertz CT molecular complexity index is 409. The molecule has 0 spiro atoms. The monoisotopic (exact) mass is 248 g/mol. The Labute approximate surface area is 108 Å². The van der Waals surface area contributed by atoms with Crippen molar-refractivity contribution in [2.75, 3.05) is 13.1 Å². The summed E-state index contributed by atoms with van der Waals surface area (Å²) in [6, 6.07) is 0. The summed E-state index contributed by atoms with van der Waals surface area (Å²) in [6.07, 6.45) is 7.01. The van der Waals surface area contributed by atoms with Gasteiger partial charge in [0.2, 0.25) is 5.91 Å². The Morgan fingerprint density at radius 1 is 1.44 bits per heavy atom. The highest BCUT2D eigenvalue weighted by Gasteiger charge is 2.40. The molecule has 5 nitrogen and oxygen atoms in total. The van der Waals surface area contributed by atoms with Crippen LogP contribution in [-0.2, 0) is 11.3 Å². The summed E-state index contributed by atoms with van der Waals surface area (Å²) in [5.41, 5.74) is 0.637. The van der Waals surface area contributed by atoms with Crippen molar-refractivity contribution >= 4 is 5.91 Å². The number of hydrogen-bond donors (Lipinski definition) is 1. The summed E-state index contributed by atoms with van der Waals surface area (Å²) >= 11 is 0. The Hall–Kier alpha value is -1.49. The van der Waals surface area contributed by atoms with Crippen LogP contribution in [0.4, 0.5) is 0 Å². The summed E-state index contributed by atoms with van der Waals surface area (Å²) in [4.78, 5) is 22.4. The van der Waals surface area contributed by atoms with Crippen LogP contribution in [0.5, 0.6) is 0 Å². The number of rotatable bonds is 4. The lowest BCUT2D eigenvalue weighted by Crippen LogP contribution is -2.62. The molecule has 1 N–H and O–H groups in total. The van der Waals surface area contributed by atoms with Crippen LogP contribution in [0.25, 0.3) is 0 Å². The van der Waals surface area contributed by atoms with E-state index in [1.54, 1.807) is 0 Å². The number of hydrogen-bond acceptors (Lipinski definition) is 4. The average Bonchev–Trinajstić information content (AvgIpc) is 2.37. The molecule has 2 heterocycles. The molecule has 5 heteroatoms. The van der Waals surface area contributed by atoms with Gasteiger partial charge in [0.05, 0.1) is 5.54 Å². The Morgan fingerprint density at radius 2 is 2.17 bits per heavy atom. The number of aromatic nitrogens is 2. The van der Waals surface area contributed by atoms with E-state index >= 15 is 0 Å². The van der Waals surface area contributed by atoms with Crippen LogP contribution in [0, 0.1) is 0 Å². The third-order valence-corrected chi connectivity index (χ3v) is 3.58. The van der Waals surface area contributed by atoms with Gasteiger partial charge < -0.3 is 5.32 Å². The van der Waals surface area contributed by atoms with Crippen LogP contribution in [-0.4, -0.2) is 39.4 Å². The second-order valence-electron chi connectivity index (χ2n) is 4.95. The van der Waals surface area contributed by atoms with Crippen molar-refractivity contribution in [2.45, 2.75) is 38.8 Å². The standard InChI is InChI=1S/C13H20N4O/c1-3-4-13(2)12(18)16-5-6-17(13)9-11-7-14-10-15-8-11/h7-8,10H,3-6,9H2,1-2H3,(H,16,18)/t13-/m0/s1. The number of amides is 1. The highest BCUT2D eigenvalue weighted by molar-refractivity contribution is 5.86. The third kappa shape index (κ3) is 2.51. The second-order valence-corrected chi connectivity index (χ2v) is 4.95. The molecule has 1 amide bonds. The van der Waals surface area contributed by atoms with Crippen LogP contribution in [0.15, 0.2) is 18.7 Å². The molecule has 0 unspecified atom stereocenters. The molecule has 18 heavy (non-hydrogen) atoms. The lowest BCUT2D eigenvalue weighted by atomic mass is 9.90. The lowest BCUT2D eigenvalue weighted by Gasteiger charge is -2.43. The van der Waals surface area contributed by atoms with Gasteiger partial charge in [-0.2, -0.15) is 0 Å². The van der Waals surface area contributed by atoms with Crippen molar-refractivity contribution in [1.29, 1.82) is 0 Å². The first-order valence-corrected chi connectivity index (χ1v) is 6.44. The van der Waals surface area contributed by atoms with Gasteiger partial charge in [-0.15, -0.1) is 0 Å². The largest absolute Gasteiger partial charge is 0.353 e. The van der Waals surface area contributed by atoms with Gasteiger partial charge in [-0.25, -0.2) is 9.97 Å². The lowest BCUT2D eigenvalue weighted by molar-refractivity contribution is -0.137. The van der Waals surface area contributed by atoms with Crippen molar-refractivity contribution in [2.24, 2.45) is 0 Å². The first-order chi connectivity index (χ1) is 8.66. The smallest absolute Gasteiger partial charge is 0.240 e. The highest BCUT2D eigenvalue weighted by atomic mass is 16.2. The van der Waals surface area contributed by atoms with Crippen LogP contribution in [0.3, 0.4) is 0 Å². The van der Waals surface area contributed by atoms with E-state index in [4.69, 9.17) is 0 Å². The molecule has 98 valence electrons. The molecule has 1 aromatic heterocycles. The van der Waals surface area contributed by atoms with Crippen LogP contribution in [0.1, 0.15) is 32.3 Å². The van der Waals surface area contributed by atoms with Gasteiger partial charge in [-0.3, -0.25) is 9.69 Å². The van der Waals surface area contributed by atoms with E-state index in [1.165, 1.54) is 6.33 Å². The van der Waals surface area contributed by atoms with E-state index < -0.39 is 5.54 Å². The topological polar surface area (TPSA) is 58.1 Å². The molecule has 0 radical (unpaired) electrons. The van der Waals surface area contributed by atoms with E-state index in [0.29, 0.717) is 6.54 Å². The third-order valence-electron chi connectivity index (χ3n) is 3.58. The Morgan fingerprint density at radius 3 is 2.83 bits per heavy atom. The summed E-state index contributed by atoms with van der Waals surface area (Å²) in [5.74, 6) is 0.132. The fourth-order valence-corrected chi connectivity index (χ4v) is 2.53. The predicted molar refractivity (Wildman–Crippen MR) is 68.8 cm³/mol. The molecule has 2 rings (SSSR count). The zero-order valence-corrected chi connectivity index (χ0v) is 11.0. The normalized spacial score (nSPS) is 24.9. The minimum absolute atomic E-state index is 0.132. The summed E-state index contributed by atoms with van der Waals surface area (Å²) in [5, 5.41) is 2.96. The molecule has 1 aliphatic rings. The molecular formula is C13H20N4O. The van der Waals surface area contributed by atoms with Crippen LogP contribution >= 0.6 is 0 Å². The molecular weight excluding hydrogens is 228 g/mol. The quantitative estimate of drug-likeness (QED) is 0.862. The van der Waals surface area contributed by atoms with Gasteiger partial charge >= 0.3 is 0 Å². The first kappa shape index (κ1) is 13.0. The number of carbonyl (C=O) groups is 1. The summed E-state index contributed by atoms with van der Waals surface area (Å²) in [6.45, 7) is 6.44.